The highest BCUT2D eigenvalue weighted by Gasteiger charge is 2.37. The zero-order valence-electron chi connectivity index (χ0n) is 9.49. The van der Waals surface area contributed by atoms with E-state index < -0.39 is 0 Å². The van der Waals surface area contributed by atoms with Crippen molar-refractivity contribution in [3.8, 4) is 0 Å². The molecule has 0 aliphatic heterocycles. The highest BCUT2D eigenvalue weighted by molar-refractivity contribution is 5.26. The van der Waals surface area contributed by atoms with Crippen molar-refractivity contribution >= 4 is 0 Å². The fraction of sp³-hybridized carbons (Fsp3) is 0.538. The third-order valence-corrected chi connectivity index (χ3v) is 3.25. The van der Waals surface area contributed by atoms with Gasteiger partial charge < -0.3 is 10.5 Å². The van der Waals surface area contributed by atoms with E-state index in [2.05, 4.69) is 31.2 Å². The van der Waals surface area contributed by atoms with Crippen LogP contribution in [-0.2, 0) is 11.2 Å². The molecule has 2 rings (SSSR count). The minimum atomic E-state index is 0.106. The Morgan fingerprint density at radius 1 is 1.33 bits per heavy atom. The van der Waals surface area contributed by atoms with Gasteiger partial charge in [0.25, 0.3) is 0 Å². The number of methoxy groups -OCH3 is 1. The van der Waals surface area contributed by atoms with Crippen LogP contribution in [0.15, 0.2) is 24.3 Å². The van der Waals surface area contributed by atoms with Crippen molar-refractivity contribution in [2.24, 2.45) is 5.73 Å². The highest BCUT2D eigenvalue weighted by atomic mass is 16.5. The van der Waals surface area contributed by atoms with Crippen LogP contribution in [0.5, 0.6) is 0 Å². The molecule has 0 bridgehead atoms. The monoisotopic (exact) mass is 205 g/mol. The maximum atomic E-state index is 6.08. The van der Waals surface area contributed by atoms with Gasteiger partial charge >= 0.3 is 0 Å². The summed E-state index contributed by atoms with van der Waals surface area (Å²) in [5, 5.41) is 0. The summed E-state index contributed by atoms with van der Waals surface area (Å²) in [6.45, 7) is 2.06. The van der Waals surface area contributed by atoms with E-state index in [0.29, 0.717) is 0 Å². The van der Waals surface area contributed by atoms with E-state index in [-0.39, 0.29) is 11.6 Å². The van der Waals surface area contributed by atoms with Gasteiger partial charge in [-0.2, -0.15) is 0 Å². The second-order valence-electron chi connectivity index (χ2n) is 4.66. The van der Waals surface area contributed by atoms with Crippen molar-refractivity contribution in [1.82, 2.24) is 0 Å². The van der Waals surface area contributed by atoms with E-state index in [1.807, 2.05) is 0 Å². The molecule has 2 N–H and O–H groups in total. The lowest BCUT2D eigenvalue weighted by Crippen LogP contribution is -2.24. The van der Waals surface area contributed by atoms with Gasteiger partial charge in [0.15, 0.2) is 0 Å². The third-order valence-electron chi connectivity index (χ3n) is 3.25. The number of rotatable bonds is 4. The summed E-state index contributed by atoms with van der Waals surface area (Å²) in [6.07, 6.45) is 3.52. The summed E-state index contributed by atoms with van der Waals surface area (Å²) in [7, 11) is 1.73. The van der Waals surface area contributed by atoms with Crippen LogP contribution in [0.3, 0.4) is 0 Å². The van der Waals surface area contributed by atoms with Crippen molar-refractivity contribution in [3.05, 3.63) is 35.4 Å². The van der Waals surface area contributed by atoms with Crippen molar-refractivity contribution < 1.29 is 4.74 Å². The molecule has 0 aromatic heterocycles. The largest absolute Gasteiger partial charge is 0.377 e. The predicted octanol–water partition coefficient (Wildman–Crippen LogP) is 2.43. The molecule has 1 aliphatic rings. The van der Waals surface area contributed by atoms with Crippen molar-refractivity contribution in [2.45, 2.75) is 37.8 Å². The molecule has 1 aromatic carbocycles. The molecule has 82 valence electrons. The second-order valence-corrected chi connectivity index (χ2v) is 4.66. The Bertz CT molecular complexity index is 327. The topological polar surface area (TPSA) is 35.2 Å². The zero-order valence-corrected chi connectivity index (χ0v) is 9.49. The summed E-state index contributed by atoms with van der Waals surface area (Å²) < 4.78 is 5.26. The Balaban J connectivity index is 2.03. The highest BCUT2D eigenvalue weighted by Crippen LogP contribution is 2.35. The van der Waals surface area contributed by atoms with Gasteiger partial charge in [-0.1, -0.05) is 24.3 Å². The van der Waals surface area contributed by atoms with Crippen LogP contribution in [0.4, 0.5) is 0 Å². The fourth-order valence-electron chi connectivity index (χ4n) is 1.79. The first-order chi connectivity index (χ1) is 7.13. The molecule has 0 spiro atoms. The molecule has 15 heavy (non-hydrogen) atoms. The molecule has 1 saturated carbocycles. The van der Waals surface area contributed by atoms with E-state index in [4.69, 9.17) is 10.5 Å². The van der Waals surface area contributed by atoms with Crippen LogP contribution in [0, 0.1) is 0 Å². The van der Waals surface area contributed by atoms with E-state index in [1.165, 1.54) is 24.0 Å². The van der Waals surface area contributed by atoms with Gasteiger partial charge in [-0.05, 0) is 37.3 Å². The average Bonchev–Trinajstić information content (AvgIpc) is 2.96. The average molecular weight is 205 g/mol. The van der Waals surface area contributed by atoms with E-state index >= 15 is 0 Å². The standard InChI is InChI=1S/C13H19NO/c1-10(15-2)12-5-3-11(4-6-12)9-13(14)7-8-13/h3-6,10H,7-9,14H2,1-2H3. The summed E-state index contributed by atoms with van der Waals surface area (Å²) in [5.41, 5.74) is 8.74. The predicted molar refractivity (Wildman–Crippen MR) is 61.7 cm³/mol. The Hall–Kier alpha value is -0.860. The Kier molecular flexibility index (Phi) is 2.81. The molecular formula is C13H19NO. The van der Waals surface area contributed by atoms with Gasteiger partial charge in [-0.15, -0.1) is 0 Å². The number of hydrogen-bond donors (Lipinski definition) is 1. The molecule has 1 unspecified atom stereocenters. The lowest BCUT2D eigenvalue weighted by molar-refractivity contribution is 0.119. The third kappa shape index (κ3) is 2.58. The molecule has 1 aliphatic carbocycles. The molecule has 0 amide bonds. The molecule has 1 fully saturated rings. The lowest BCUT2D eigenvalue weighted by atomic mass is 10.0. The van der Waals surface area contributed by atoms with Crippen LogP contribution < -0.4 is 5.73 Å². The Morgan fingerprint density at radius 3 is 2.40 bits per heavy atom. The summed E-state index contributed by atoms with van der Waals surface area (Å²) in [6, 6.07) is 8.60. The lowest BCUT2D eigenvalue weighted by Gasteiger charge is -2.12. The summed E-state index contributed by atoms with van der Waals surface area (Å²) >= 11 is 0. The number of nitrogens with two attached hydrogens (primary N) is 1. The second kappa shape index (κ2) is 3.95. The first kappa shape index (κ1) is 10.7. The molecule has 1 atom stereocenters. The van der Waals surface area contributed by atoms with Gasteiger partial charge in [0.2, 0.25) is 0 Å². The zero-order chi connectivity index (χ0) is 10.9. The Labute approximate surface area is 91.4 Å². The Morgan fingerprint density at radius 2 is 1.93 bits per heavy atom. The van der Waals surface area contributed by atoms with E-state index in [0.717, 1.165) is 6.42 Å². The number of hydrogen-bond acceptors (Lipinski definition) is 2. The van der Waals surface area contributed by atoms with Crippen LogP contribution in [-0.4, -0.2) is 12.6 Å². The maximum absolute atomic E-state index is 6.08. The molecule has 2 nitrogen and oxygen atoms in total. The number of benzene rings is 1. The minimum Gasteiger partial charge on any atom is -0.377 e. The van der Waals surface area contributed by atoms with E-state index in [1.54, 1.807) is 7.11 Å². The van der Waals surface area contributed by atoms with Crippen molar-refractivity contribution in [3.63, 3.8) is 0 Å². The SMILES string of the molecule is COC(C)c1ccc(CC2(N)CC2)cc1. The normalized spacial score (nSPS) is 19.9. The van der Waals surface area contributed by atoms with Gasteiger partial charge in [-0.25, -0.2) is 0 Å². The van der Waals surface area contributed by atoms with Gasteiger partial charge in [0, 0.05) is 12.6 Å². The number of ether oxygens (including phenoxy) is 1. The first-order valence-electron chi connectivity index (χ1n) is 5.53. The van der Waals surface area contributed by atoms with Crippen molar-refractivity contribution in [1.29, 1.82) is 0 Å². The maximum Gasteiger partial charge on any atom is 0.0793 e. The van der Waals surface area contributed by atoms with Crippen LogP contribution in [0.1, 0.15) is 37.0 Å². The van der Waals surface area contributed by atoms with Crippen LogP contribution in [0.25, 0.3) is 0 Å². The van der Waals surface area contributed by atoms with Gasteiger partial charge in [-0.3, -0.25) is 0 Å². The molecule has 0 heterocycles. The molecular weight excluding hydrogens is 186 g/mol. The molecule has 0 saturated heterocycles. The minimum absolute atomic E-state index is 0.106. The van der Waals surface area contributed by atoms with Crippen LogP contribution >= 0.6 is 0 Å². The quantitative estimate of drug-likeness (QED) is 0.819. The molecule has 2 heteroatoms. The molecule has 0 radical (unpaired) electrons. The fourth-order valence-corrected chi connectivity index (χ4v) is 1.79. The van der Waals surface area contributed by atoms with Gasteiger partial charge in [0.05, 0.1) is 6.10 Å². The first-order valence-corrected chi connectivity index (χ1v) is 5.53. The summed E-state index contributed by atoms with van der Waals surface area (Å²) in [5.74, 6) is 0. The smallest absolute Gasteiger partial charge is 0.0793 e. The van der Waals surface area contributed by atoms with Crippen LogP contribution in [0.2, 0.25) is 0 Å². The summed E-state index contributed by atoms with van der Waals surface area (Å²) in [4.78, 5) is 0. The van der Waals surface area contributed by atoms with E-state index in [9.17, 15) is 0 Å². The molecule has 1 aromatic rings. The van der Waals surface area contributed by atoms with Crippen molar-refractivity contribution in [2.75, 3.05) is 7.11 Å². The van der Waals surface area contributed by atoms with Gasteiger partial charge in [0.1, 0.15) is 0 Å².